The molecule has 0 saturated carbocycles. The number of hydrogen-bond acceptors (Lipinski definition) is 3. The topological polar surface area (TPSA) is 70.6 Å². The van der Waals surface area contributed by atoms with Crippen molar-refractivity contribution in [3.63, 3.8) is 0 Å². The second-order valence-corrected chi connectivity index (χ2v) is 6.81. The van der Waals surface area contributed by atoms with E-state index >= 15 is 0 Å². The number of alkyl halides is 3. The predicted molar refractivity (Wildman–Crippen MR) is 104 cm³/mol. The van der Waals surface area contributed by atoms with Crippen molar-refractivity contribution in [1.29, 1.82) is 0 Å². The van der Waals surface area contributed by atoms with E-state index in [1.807, 2.05) is 0 Å². The predicted octanol–water partition coefficient (Wildman–Crippen LogP) is 4.44. The summed E-state index contributed by atoms with van der Waals surface area (Å²) in [7, 11) is 0. The summed E-state index contributed by atoms with van der Waals surface area (Å²) in [6.45, 7) is 1.49. The summed E-state index contributed by atoms with van der Waals surface area (Å²) in [5, 5.41) is 6.03. The van der Waals surface area contributed by atoms with Crippen molar-refractivity contribution >= 4 is 45.8 Å². The SMILES string of the molecule is CC(CC(=O)Nc1ccccc1C(F)(F)F)=NNC(=O)c1ccc(I)cc1. The molecular weight excluding hydrogens is 474 g/mol. The number of benzene rings is 2. The molecule has 2 N–H and O–H groups in total. The minimum absolute atomic E-state index is 0.246. The van der Waals surface area contributed by atoms with Gasteiger partial charge in [0.15, 0.2) is 0 Å². The number of nitrogens with zero attached hydrogens (tertiary/aromatic N) is 1. The van der Waals surface area contributed by atoms with E-state index in [2.05, 4.69) is 38.4 Å². The van der Waals surface area contributed by atoms with Crippen molar-refractivity contribution in [3.8, 4) is 0 Å². The van der Waals surface area contributed by atoms with Crippen molar-refractivity contribution in [2.75, 3.05) is 5.32 Å². The number of nitrogens with one attached hydrogen (secondary N) is 2. The zero-order chi connectivity index (χ0) is 20.0. The van der Waals surface area contributed by atoms with E-state index in [1.165, 1.54) is 25.1 Å². The summed E-state index contributed by atoms with van der Waals surface area (Å²) < 4.78 is 39.8. The highest BCUT2D eigenvalue weighted by atomic mass is 127. The van der Waals surface area contributed by atoms with Gasteiger partial charge in [-0.2, -0.15) is 18.3 Å². The van der Waals surface area contributed by atoms with Gasteiger partial charge < -0.3 is 5.32 Å². The maximum Gasteiger partial charge on any atom is 0.418 e. The summed E-state index contributed by atoms with van der Waals surface area (Å²) in [4.78, 5) is 23.9. The Bertz CT molecular complexity index is 865. The van der Waals surface area contributed by atoms with Crippen LogP contribution in [0.15, 0.2) is 53.6 Å². The zero-order valence-corrected chi connectivity index (χ0v) is 16.3. The Labute approximate surface area is 167 Å². The van der Waals surface area contributed by atoms with Crippen LogP contribution >= 0.6 is 22.6 Å². The Balaban J connectivity index is 1.96. The third kappa shape index (κ3) is 6.35. The second kappa shape index (κ2) is 8.98. The van der Waals surface area contributed by atoms with Crippen LogP contribution in [0, 0.1) is 3.57 Å². The first kappa shape index (κ1) is 20.9. The first-order chi connectivity index (χ1) is 12.7. The lowest BCUT2D eigenvalue weighted by Crippen LogP contribution is -2.22. The molecule has 0 bridgehead atoms. The minimum atomic E-state index is -4.57. The van der Waals surface area contributed by atoms with Gasteiger partial charge in [-0.05, 0) is 65.9 Å². The molecule has 0 fully saturated rings. The number of para-hydroxylation sites is 1. The molecule has 142 valence electrons. The molecule has 0 aliphatic heterocycles. The largest absolute Gasteiger partial charge is 0.418 e. The molecule has 2 amide bonds. The van der Waals surface area contributed by atoms with Gasteiger partial charge in [0.1, 0.15) is 0 Å². The number of hydrogen-bond donors (Lipinski definition) is 2. The smallest absolute Gasteiger partial charge is 0.325 e. The number of carbonyl (C=O) groups excluding carboxylic acids is 2. The average molecular weight is 489 g/mol. The van der Waals surface area contributed by atoms with Crippen LogP contribution in [-0.2, 0) is 11.0 Å². The van der Waals surface area contributed by atoms with Gasteiger partial charge in [0.25, 0.3) is 5.91 Å². The minimum Gasteiger partial charge on any atom is -0.325 e. The van der Waals surface area contributed by atoms with E-state index in [4.69, 9.17) is 0 Å². The summed E-state index contributed by atoms with van der Waals surface area (Å²) in [5.74, 6) is -1.12. The van der Waals surface area contributed by atoms with Crippen LogP contribution in [0.25, 0.3) is 0 Å². The van der Waals surface area contributed by atoms with E-state index in [1.54, 1.807) is 24.3 Å². The fourth-order valence-electron chi connectivity index (χ4n) is 2.12. The maximum atomic E-state index is 12.9. The van der Waals surface area contributed by atoms with Crippen LogP contribution in [0.2, 0.25) is 0 Å². The number of rotatable bonds is 5. The Morgan fingerprint density at radius 3 is 2.33 bits per heavy atom. The molecule has 0 radical (unpaired) electrons. The van der Waals surface area contributed by atoms with Gasteiger partial charge in [-0.1, -0.05) is 12.1 Å². The molecule has 9 heteroatoms. The number of carbonyl (C=O) groups is 2. The zero-order valence-electron chi connectivity index (χ0n) is 14.1. The van der Waals surface area contributed by atoms with E-state index < -0.39 is 23.6 Å². The van der Waals surface area contributed by atoms with Crippen molar-refractivity contribution < 1.29 is 22.8 Å². The molecule has 2 rings (SSSR count). The Kier molecular flexibility index (Phi) is 6.94. The van der Waals surface area contributed by atoms with E-state index in [0.717, 1.165) is 9.64 Å². The van der Waals surface area contributed by atoms with Crippen LogP contribution in [0.3, 0.4) is 0 Å². The highest BCUT2D eigenvalue weighted by molar-refractivity contribution is 14.1. The molecule has 27 heavy (non-hydrogen) atoms. The number of amides is 2. The quantitative estimate of drug-likeness (QED) is 0.371. The normalized spacial score (nSPS) is 11.8. The van der Waals surface area contributed by atoms with Crippen molar-refractivity contribution in [1.82, 2.24) is 5.43 Å². The van der Waals surface area contributed by atoms with Gasteiger partial charge in [-0.15, -0.1) is 0 Å². The summed E-state index contributed by atoms with van der Waals surface area (Å²) in [6, 6.07) is 11.5. The molecular formula is C18H15F3IN3O2. The molecule has 2 aromatic carbocycles. The molecule has 0 atom stereocenters. The fourth-order valence-corrected chi connectivity index (χ4v) is 2.48. The molecule has 0 aromatic heterocycles. The Morgan fingerprint density at radius 1 is 1.07 bits per heavy atom. The van der Waals surface area contributed by atoms with E-state index in [0.29, 0.717) is 5.56 Å². The van der Waals surface area contributed by atoms with Crippen molar-refractivity contribution in [2.24, 2.45) is 5.10 Å². The standard InChI is InChI=1S/C18H15F3IN3O2/c1-11(24-25-17(27)12-6-8-13(22)9-7-12)10-16(26)23-15-5-3-2-4-14(15)18(19,20)21/h2-9H,10H2,1H3,(H,23,26)(H,25,27). The summed E-state index contributed by atoms with van der Waals surface area (Å²) in [6.07, 6.45) is -4.84. The first-order valence-corrected chi connectivity index (χ1v) is 8.80. The molecule has 0 heterocycles. The van der Waals surface area contributed by atoms with Crippen LogP contribution < -0.4 is 10.7 Å². The number of hydrazone groups is 1. The fraction of sp³-hybridized carbons (Fsp3) is 0.167. The van der Waals surface area contributed by atoms with Crippen molar-refractivity contribution in [3.05, 3.63) is 63.2 Å². The lowest BCUT2D eigenvalue weighted by Gasteiger charge is -2.13. The highest BCUT2D eigenvalue weighted by Crippen LogP contribution is 2.34. The van der Waals surface area contributed by atoms with Gasteiger partial charge >= 0.3 is 6.18 Å². The van der Waals surface area contributed by atoms with Crippen LogP contribution in [-0.4, -0.2) is 17.5 Å². The second-order valence-electron chi connectivity index (χ2n) is 5.56. The van der Waals surface area contributed by atoms with Crippen molar-refractivity contribution in [2.45, 2.75) is 19.5 Å². The maximum absolute atomic E-state index is 12.9. The first-order valence-electron chi connectivity index (χ1n) is 7.72. The van der Waals surface area contributed by atoms with Gasteiger partial charge in [0.05, 0.1) is 17.7 Å². The van der Waals surface area contributed by atoms with Gasteiger partial charge in [0, 0.05) is 14.8 Å². The lowest BCUT2D eigenvalue weighted by molar-refractivity contribution is -0.137. The molecule has 5 nitrogen and oxygen atoms in total. The van der Waals surface area contributed by atoms with Crippen LogP contribution in [0.5, 0.6) is 0 Å². The van der Waals surface area contributed by atoms with Gasteiger partial charge in [0.2, 0.25) is 5.91 Å². The molecule has 0 spiro atoms. The summed E-state index contributed by atoms with van der Waals surface area (Å²) >= 11 is 2.11. The summed E-state index contributed by atoms with van der Waals surface area (Å²) in [5.41, 5.74) is 1.70. The van der Waals surface area contributed by atoms with E-state index in [-0.39, 0.29) is 17.8 Å². The Morgan fingerprint density at radius 2 is 1.70 bits per heavy atom. The van der Waals surface area contributed by atoms with Gasteiger partial charge in [-0.25, -0.2) is 5.43 Å². The molecule has 0 saturated heterocycles. The Hall–Kier alpha value is -2.43. The van der Waals surface area contributed by atoms with Gasteiger partial charge in [-0.3, -0.25) is 9.59 Å². The number of halogens is 4. The highest BCUT2D eigenvalue weighted by Gasteiger charge is 2.33. The third-order valence-corrected chi connectivity index (χ3v) is 4.10. The van der Waals surface area contributed by atoms with Crippen LogP contribution in [0.1, 0.15) is 29.3 Å². The number of anilines is 1. The monoisotopic (exact) mass is 489 g/mol. The molecule has 0 aliphatic carbocycles. The molecule has 0 unspecified atom stereocenters. The molecule has 0 aliphatic rings. The third-order valence-electron chi connectivity index (χ3n) is 3.38. The molecule has 2 aromatic rings. The van der Waals surface area contributed by atoms with E-state index in [9.17, 15) is 22.8 Å². The lowest BCUT2D eigenvalue weighted by atomic mass is 10.1. The average Bonchev–Trinajstić information content (AvgIpc) is 2.59. The van der Waals surface area contributed by atoms with Crippen LogP contribution in [0.4, 0.5) is 18.9 Å².